The maximum Gasteiger partial charge on any atom is 0.185 e. The average molecular weight is 182 g/mol. The number of thiazole rings is 1. The van der Waals surface area contributed by atoms with Crippen molar-refractivity contribution in [2.45, 2.75) is 26.2 Å². The van der Waals surface area contributed by atoms with Crippen molar-refractivity contribution >= 4 is 16.5 Å². The molecule has 1 fully saturated rings. The van der Waals surface area contributed by atoms with Gasteiger partial charge in [0.15, 0.2) is 5.13 Å². The summed E-state index contributed by atoms with van der Waals surface area (Å²) < 4.78 is 0. The van der Waals surface area contributed by atoms with Crippen LogP contribution in [0.25, 0.3) is 0 Å². The Morgan fingerprint density at radius 2 is 2.25 bits per heavy atom. The van der Waals surface area contributed by atoms with Crippen LogP contribution >= 0.6 is 11.3 Å². The summed E-state index contributed by atoms with van der Waals surface area (Å²) >= 11 is 1.84. The summed E-state index contributed by atoms with van der Waals surface area (Å²) in [5.41, 5.74) is 0. The van der Waals surface area contributed by atoms with Crippen molar-refractivity contribution in [3.05, 3.63) is 11.1 Å². The number of hydrogen-bond acceptors (Lipinski definition) is 3. The van der Waals surface area contributed by atoms with Crippen LogP contribution in [0.15, 0.2) is 6.20 Å². The van der Waals surface area contributed by atoms with Gasteiger partial charge in [0, 0.05) is 24.2 Å². The first-order valence-corrected chi connectivity index (χ1v) is 5.29. The molecule has 0 unspecified atom stereocenters. The second-order valence-electron chi connectivity index (χ2n) is 3.54. The van der Waals surface area contributed by atoms with Crippen LogP contribution in [-0.4, -0.2) is 18.1 Å². The fourth-order valence-corrected chi connectivity index (χ4v) is 2.17. The van der Waals surface area contributed by atoms with E-state index in [-0.39, 0.29) is 0 Å². The van der Waals surface area contributed by atoms with Crippen LogP contribution in [0.3, 0.4) is 0 Å². The molecule has 0 amide bonds. The van der Waals surface area contributed by atoms with Gasteiger partial charge in [-0.2, -0.15) is 0 Å². The van der Waals surface area contributed by atoms with E-state index in [1.807, 2.05) is 17.5 Å². The molecule has 2 nitrogen and oxygen atoms in total. The Kier molecular flexibility index (Phi) is 2.05. The van der Waals surface area contributed by atoms with Crippen molar-refractivity contribution in [2.24, 2.45) is 0 Å². The number of aromatic nitrogens is 1. The molecule has 1 aliphatic heterocycles. The molecular weight excluding hydrogens is 168 g/mol. The Hall–Kier alpha value is -0.570. The summed E-state index contributed by atoms with van der Waals surface area (Å²) in [6.07, 6.45) is 3.35. The molecule has 0 bridgehead atoms. The van der Waals surface area contributed by atoms with Crippen LogP contribution in [0.4, 0.5) is 5.13 Å². The van der Waals surface area contributed by atoms with Crippen LogP contribution in [0.5, 0.6) is 0 Å². The zero-order valence-corrected chi connectivity index (χ0v) is 8.40. The van der Waals surface area contributed by atoms with E-state index in [0.29, 0.717) is 5.92 Å². The van der Waals surface area contributed by atoms with Gasteiger partial charge in [0.25, 0.3) is 0 Å². The van der Waals surface area contributed by atoms with E-state index in [1.165, 1.54) is 29.5 Å². The fourth-order valence-electron chi connectivity index (χ4n) is 1.20. The van der Waals surface area contributed by atoms with E-state index >= 15 is 0 Å². The van der Waals surface area contributed by atoms with Gasteiger partial charge in [-0.25, -0.2) is 4.98 Å². The molecule has 1 aliphatic rings. The Morgan fingerprint density at radius 3 is 2.67 bits per heavy atom. The summed E-state index contributed by atoms with van der Waals surface area (Å²) in [5.74, 6) is 0.623. The Morgan fingerprint density at radius 1 is 1.50 bits per heavy atom. The molecule has 1 aromatic heterocycles. The van der Waals surface area contributed by atoms with E-state index in [2.05, 4.69) is 23.7 Å². The van der Waals surface area contributed by atoms with Crippen molar-refractivity contribution in [3.63, 3.8) is 0 Å². The topological polar surface area (TPSA) is 16.1 Å². The molecule has 0 aliphatic carbocycles. The van der Waals surface area contributed by atoms with Crippen molar-refractivity contribution in [1.82, 2.24) is 4.98 Å². The van der Waals surface area contributed by atoms with Crippen LogP contribution in [0, 0.1) is 0 Å². The molecule has 12 heavy (non-hydrogen) atoms. The smallest absolute Gasteiger partial charge is 0.185 e. The van der Waals surface area contributed by atoms with Gasteiger partial charge in [0.2, 0.25) is 0 Å². The minimum absolute atomic E-state index is 0.623. The van der Waals surface area contributed by atoms with Crippen molar-refractivity contribution < 1.29 is 0 Å². The van der Waals surface area contributed by atoms with E-state index in [0.717, 1.165) is 0 Å². The first kappa shape index (κ1) is 8.05. The quantitative estimate of drug-likeness (QED) is 0.698. The number of anilines is 1. The predicted molar refractivity (Wildman–Crippen MR) is 53.0 cm³/mol. The lowest BCUT2D eigenvalue weighted by atomic mass is 10.2. The third-order valence-corrected chi connectivity index (χ3v) is 3.57. The second-order valence-corrected chi connectivity index (χ2v) is 4.58. The lowest BCUT2D eigenvalue weighted by Gasteiger charge is -2.30. The minimum Gasteiger partial charge on any atom is -0.348 e. The third-order valence-electron chi connectivity index (χ3n) is 2.21. The van der Waals surface area contributed by atoms with Crippen LogP contribution in [0.2, 0.25) is 0 Å². The lowest BCUT2D eigenvalue weighted by molar-refractivity contribution is 0.616. The summed E-state index contributed by atoms with van der Waals surface area (Å²) in [4.78, 5) is 8.15. The highest BCUT2D eigenvalue weighted by Gasteiger charge is 2.17. The normalized spacial score (nSPS) is 16.8. The second kappa shape index (κ2) is 3.05. The monoisotopic (exact) mass is 182 g/mol. The molecule has 66 valence electrons. The summed E-state index contributed by atoms with van der Waals surface area (Å²) in [6, 6.07) is 0. The Bertz CT molecular complexity index is 263. The van der Waals surface area contributed by atoms with Crippen LogP contribution in [-0.2, 0) is 0 Å². The highest BCUT2D eigenvalue weighted by atomic mass is 32.1. The third kappa shape index (κ3) is 1.33. The largest absolute Gasteiger partial charge is 0.348 e. The Balaban J connectivity index is 2.12. The SMILES string of the molecule is CC(C)c1cnc(N2CCC2)s1. The van der Waals surface area contributed by atoms with Crippen molar-refractivity contribution in [1.29, 1.82) is 0 Å². The highest BCUT2D eigenvalue weighted by Crippen LogP contribution is 2.30. The van der Waals surface area contributed by atoms with Gasteiger partial charge in [0.1, 0.15) is 0 Å². The van der Waals surface area contributed by atoms with Crippen LogP contribution < -0.4 is 4.90 Å². The highest BCUT2D eigenvalue weighted by molar-refractivity contribution is 7.15. The zero-order chi connectivity index (χ0) is 8.55. The lowest BCUT2D eigenvalue weighted by Crippen LogP contribution is -2.36. The summed E-state index contributed by atoms with van der Waals surface area (Å²) in [5, 5.41) is 1.21. The van der Waals surface area contributed by atoms with Gasteiger partial charge >= 0.3 is 0 Å². The first-order valence-electron chi connectivity index (χ1n) is 4.48. The molecule has 0 atom stereocenters. The van der Waals surface area contributed by atoms with Gasteiger partial charge in [-0.1, -0.05) is 13.8 Å². The molecule has 1 saturated heterocycles. The molecule has 2 heterocycles. The summed E-state index contributed by atoms with van der Waals surface area (Å²) in [7, 11) is 0. The molecule has 0 saturated carbocycles. The van der Waals surface area contributed by atoms with E-state index in [9.17, 15) is 0 Å². The average Bonchev–Trinajstić information content (AvgIpc) is 2.32. The number of rotatable bonds is 2. The minimum atomic E-state index is 0.623. The van der Waals surface area contributed by atoms with E-state index < -0.39 is 0 Å². The van der Waals surface area contributed by atoms with Gasteiger partial charge in [-0.05, 0) is 12.3 Å². The van der Waals surface area contributed by atoms with Gasteiger partial charge < -0.3 is 4.90 Å². The van der Waals surface area contributed by atoms with Crippen molar-refractivity contribution in [2.75, 3.05) is 18.0 Å². The van der Waals surface area contributed by atoms with Gasteiger partial charge in [-0.15, -0.1) is 11.3 Å². The standard InChI is InChI=1S/C9H14N2S/c1-7(2)8-6-10-9(12-8)11-4-3-5-11/h6-7H,3-5H2,1-2H3. The maximum absolute atomic E-state index is 4.40. The van der Waals surface area contributed by atoms with E-state index in [4.69, 9.17) is 0 Å². The molecule has 2 rings (SSSR count). The number of hydrogen-bond donors (Lipinski definition) is 0. The fraction of sp³-hybridized carbons (Fsp3) is 0.667. The molecule has 0 spiro atoms. The first-order chi connectivity index (χ1) is 5.77. The zero-order valence-electron chi connectivity index (χ0n) is 7.58. The van der Waals surface area contributed by atoms with Crippen LogP contribution in [0.1, 0.15) is 31.1 Å². The van der Waals surface area contributed by atoms with Crippen molar-refractivity contribution in [3.8, 4) is 0 Å². The Labute approximate surface area is 77.2 Å². The molecule has 1 aromatic rings. The predicted octanol–water partition coefficient (Wildman–Crippen LogP) is 2.48. The molecule has 0 radical (unpaired) electrons. The molecule has 0 aromatic carbocycles. The summed E-state index contributed by atoms with van der Waals surface area (Å²) in [6.45, 7) is 6.83. The van der Waals surface area contributed by atoms with E-state index in [1.54, 1.807) is 0 Å². The van der Waals surface area contributed by atoms with Gasteiger partial charge in [0.05, 0.1) is 0 Å². The molecular formula is C9H14N2S. The molecule has 0 N–H and O–H groups in total. The number of nitrogens with zero attached hydrogens (tertiary/aromatic N) is 2. The molecule has 3 heteroatoms. The maximum atomic E-state index is 4.40. The van der Waals surface area contributed by atoms with Gasteiger partial charge in [-0.3, -0.25) is 0 Å².